The monoisotopic (exact) mass is 357 g/mol. The highest BCUT2D eigenvalue weighted by molar-refractivity contribution is 6.01. The highest BCUT2D eigenvalue weighted by atomic mass is 16.5. The Bertz CT molecular complexity index is 806. The smallest absolute Gasteiger partial charge is 0.343 e. The Morgan fingerprint density at radius 1 is 1.04 bits per heavy atom. The Labute approximate surface area is 152 Å². The summed E-state index contributed by atoms with van der Waals surface area (Å²) in [4.78, 5) is 24.6. The second kappa shape index (κ2) is 7.58. The fraction of sp³-hybridized carbons (Fsp3) is 0.300. The third-order valence-corrected chi connectivity index (χ3v) is 3.99. The molecule has 0 aliphatic rings. The fourth-order valence-corrected chi connectivity index (χ4v) is 2.22. The topological polar surface area (TPSA) is 98.9 Å². The summed E-state index contributed by atoms with van der Waals surface area (Å²) < 4.78 is 10.2. The van der Waals surface area contributed by atoms with Gasteiger partial charge in [0.05, 0.1) is 18.7 Å². The number of benzene rings is 2. The van der Waals surface area contributed by atoms with Gasteiger partial charge in [-0.15, -0.1) is 0 Å². The van der Waals surface area contributed by atoms with Crippen LogP contribution in [0.3, 0.4) is 0 Å². The van der Waals surface area contributed by atoms with Crippen LogP contribution < -0.4 is 15.2 Å². The molecule has 0 fully saturated rings. The molecular formula is C20H23NO5. The van der Waals surface area contributed by atoms with Crippen LogP contribution in [0.2, 0.25) is 0 Å². The van der Waals surface area contributed by atoms with Gasteiger partial charge in [0.25, 0.3) is 0 Å². The fourth-order valence-electron chi connectivity index (χ4n) is 2.22. The number of esters is 1. The van der Waals surface area contributed by atoms with Crippen molar-refractivity contribution in [2.45, 2.75) is 26.8 Å². The molecule has 0 radical (unpaired) electrons. The number of methoxy groups -OCH3 is 1. The van der Waals surface area contributed by atoms with E-state index in [1.54, 1.807) is 24.3 Å². The number of nitrogens with two attached hydrogens (primary N) is 1. The van der Waals surface area contributed by atoms with Gasteiger partial charge in [-0.1, -0.05) is 20.8 Å². The average Bonchev–Trinajstić information content (AvgIpc) is 2.61. The van der Waals surface area contributed by atoms with Gasteiger partial charge in [-0.2, -0.15) is 0 Å². The van der Waals surface area contributed by atoms with E-state index < -0.39 is 17.4 Å². The zero-order valence-corrected chi connectivity index (χ0v) is 15.3. The molecule has 0 aliphatic carbocycles. The molecule has 1 atom stereocenters. The molecule has 3 N–H and O–H groups in total. The lowest BCUT2D eigenvalue weighted by molar-refractivity contribution is 0.0729. The van der Waals surface area contributed by atoms with Gasteiger partial charge in [-0.25, -0.2) is 4.79 Å². The lowest BCUT2D eigenvalue weighted by Crippen LogP contribution is -2.42. The van der Waals surface area contributed by atoms with E-state index in [2.05, 4.69) is 0 Å². The molecule has 26 heavy (non-hydrogen) atoms. The van der Waals surface area contributed by atoms with E-state index >= 15 is 0 Å². The van der Waals surface area contributed by atoms with E-state index in [1.807, 2.05) is 20.8 Å². The number of phenols is 1. The summed E-state index contributed by atoms with van der Waals surface area (Å²) in [6.07, 6.45) is 0. The number of aromatic hydroxyl groups is 1. The molecule has 0 bridgehead atoms. The van der Waals surface area contributed by atoms with Gasteiger partial charge in [0, 0.05) is 5.56 Å². The molecule has 0 aromatic heterocycles. The van der Waals surface area contributed by atoms with Crippen molar-refractivity contribution in [1.29, 1.82) is 0 Å². The summed E-state index contributed by atoms with van der Waals surface area (Å²) in [5.41, 5.74) is 6.12. The van der Waals surface area contributed by atoms with E-state index in [-0.39, 0.29) is 22.8 Å². The second-order valence-electron chi connectivity index (χ2n) is 7.01. The first-order valence-electron chi connectivity index (χ1n) is 8.12. The molecule has 0 heterocycles. The van der Waals surface area contributed by atoms with Crippen LogP contribution in [0, 0.1) is 5.41 Å². The van der Waals surface area contributed by atoms with E-state index in [9.17, 15) is 14.7 Å². The van der Waals surface area contributed by atoms with Crippen molar-refractivity contribution in [3.05, 3.63) is 53.6 Å². The maximum atomic E-state index is 12.4. The van der Waals surface area contributed by atoms with Gasteiger partial charge >= 0.3 is 5.97 Å². The summed E-state index contributed by atoms with van der Waals surface area (Å²) in [6, 6.07) is 9.76. The molecular weight excluding hydrogens is 334 g/mol. The van der Waals surface area contributed by atoms with Crippen LogP contribution in [-0.4, -0.2) is 30.0 Å². The molecule has 0 saturated heterocycles. The summed E-state index contributed by atoms with van der Waals surface area (Å²) in [5.74, 6) is -0.651. The lowest BCUT2D eigenvalue weighted by atomic mass is 9.83. The molecule has 0 spiro atoms. The van der Waals surface area contributed by atoms with E-state index in [1.165, 1.54) is 25.3 Å². The van der Waals surface area contributed by atoms with Crippen LogP contribution in [0.1, 0.15) is 41.5 Å². The lowest BCUT2D eigenvalue weighted by Gasteiger charge is -2.25. The molecule has 0 saturated carbocycles. The van der Waals surface area contributed by atoms with Crippen LogP contribution in [0.5, 0.6) is 17.2 Å². The molecule has 2 aromatic carbocycles. The van der Waals surface area contributed by atoms with E-state index in [0.29, 0.717) is 11.3 Å². The molecule has 2 rings (SSSR count). The number of hydrogen-bond donors (Lipinski definition) is 2. The summed E-state index contributed by atoms with van der Waals surface area (Å²) in [6.45, 7) is 5.58. The van der Waals surface area contributed by atoms with Crippen molar-refractivity contribution in [3.8, 4) is 17.2 Å². The van der Waals surface area contributed by atoms with E-state index in [0.717, 1.165) is 0 Å². The Morgan fingerprint density at radius 3 is 2.12 bits per heavy atom. The van der Waals surface area contributed by atoms with Gasteiger partial charge in [-0.3, -0.25) is 4.79 Å². The maximum Gasteiger partial charge on any atom is 0.343 e. The summed E-state index contributed by atoms with van der Waals surface area (Å²) >= 11 is 0. The van der Waals surface area contributed by atoms with Gasteiger partial charge in [0.2, 0.25) is 0 Å². The van der Waals surface area contributed by atoms with Crippen molar-refractivity contribution in [3.63, 3.8) is 0 Å². The number of carbonyl (C=O) groups is 2. The quantitative estimate of drug-likeness (QED) is 0.484. The largest absolute Gasteiger partial charge is 0.504 e. The summed E-state index contributed by atoms with van der Waals surface area (Å²) in [7, 11) is 1.53. The molecule has 2 aromatic rings. The van der Waals surface area contributed by atoms with Crippen LogP contribution in [0.15, 0.2) is 42.5 Å². The van der Waals surface area contributed by atoms with Gasteiger partial charge in [-0.05, 0) is 47.9 Å². The Balaban J connectivity index is 2.16. The van der Waals surface area contributed by atoms with Crippen LogP contribution >= 0.6 is 0 Å². The third kappa shape index (κ3) is 4.40. The number of ether oxygens (including phenoxy) is 2. The number of hydrogen-bond acceptors (Lipinski definition) is 6. The molecule has 0 aliphatic heterocycles. The number of Topliss-reactive ketones (excluding diaryl/α,β-unsaturated/α-hetero) is 1. The number of carbonyl (C=O) groups excluding carboxylic acids is 2. The van der Waals surface area contributed by atoms with Crippen molar-refractivity contribution in [1.82, 2.24) is 0 Å². The minimum Gasteiger partial charge on any atom is -0.504 e. The molecule has 6 nitrogen and oxygen atoms in total. The normalized spacial score (nSPS) is 12.3. The standard InChI is InChI=1S/C20H23NO5/c1-20(2,3)18(21)17(23)13-7-10-16(15(22)11-13)26-19(24)12-5-8-14(25-4)9-6-12/h5-11,18,22H,21H2,1-4H3. The molecule has 138 valence electrons. The van der Waals surface area contributed by atoms with Crippen LogP contribution in [0.4, 0.5) is 0 Å². The predicted molar refractivity (Wildman–Crippen MR) is 97.8 cm³/mol. The molecule has 1 unspecified atom stereocenters. The van der Waals surface area contributed by atoms with Crippen LogP contribution in [0.25, 0.3) is 0 Å². The Hall–Kier alpha value is -2.86. The molecule has 0 amide bonds. The first-order valence-corrected chi connectivity index (χ1v) is 8.12. The zero-order valence-electron chi connectivity index (χ0n) is 15.3. The first-order chi connectivity index (χ1) is 12.1. The Morgan fingerprint density at radius 2 is 1.62 bits per heavy atom. The zero-order chi connectivity index (χ0) is 19.5. The summed E-state index contributed by atoms with van der Waals surface area (Å²) in [5, 5.41) is 10.1. The van der Waals surface area contributed by atoms with Crippen molar-refractivity contribution in [2.24, 2.45) is 11.1 Å². The van der Waals surface area contributed by atoms with Crippen molar-refractivity contribution < 1.29 is 24.2 Å². The van der Waals surface area contributed by atoms with Gasteiger partial charge < -0.3 is 20.3 Å². The third-order valence-electron chi connectivity index (χ3n) is 3.99. The van der Waals surface area contributed by atoms with Crippen LogP contribution in [-0.2, 0) is 0 Å². The highest BCUT2D eigenvalue weighted by Gasteiger charge is 2.28. The van der Waals surface area contributed by atoms with Crippen molar-refractivity contribution >= 4 is 11.8 Å². The number of phenolic OH excluding ortho intramolecular Hbond substituents is 1. The van der Waals surface area contributed by atoms with E-state index in [4.69, 9.17) is 15.2 Å². The van der Waals surface area contributed by atoms with Crippen molar-refractivity contribution in [2.75, 3.05) is 7.11 Å². The SMILES string of the molecule is COc1ccc(C(=O)Oc2ccc(C(=O)C(N)C(C)(C)C)cc2O)cc1. The maximum absolute atomic E-state index is 12.4. The average molecular weight is 357 g/mol. The van der Waals surface area contributed by atoms with Gasteiger partial charge in [0.15, 0.2) is 17.3 Å². The number of rotatable bonds is 5. The minimum atomic E-state index is -0.713. The second-order valence-corrected chi connectivity index (χ2v) is 7.01. The predicted octanol–water partition coefficient (Wildman–Crippen LogP) is 3.18. The minimum absolute atomic E-state index is 0.0355. The molecule has 6 heteroatoms. The first kappa shape index (κ1) is 19.5. The Kier molecular flexibility index (Phi) is 5.67. The van der Waals surface area contributed by atoms with Gasteiger partial charge in [0.1, 0.15) is 5.75 Å². The highest BCUT2D eigenvalue weighted by Crippen LogP contribution is 2.29. The number of ketones is 1.